The van der Waals surface area contributed by atoms with Gasteiger partial charge in [-0.2, -0.15) is 4.98 Å². The molecule has 0 N–H and O–H groups in total. The van der Waals surface area contributed by atoms with Gasteiger partial charge in [-0.15, -0.1) is 0 Å². The lowest BCUT2D eigenvalue weighted by Crippen LogP contribution is -2.54. The molecular formula is C30H28ClF2N5O4. The van der Waals surface area contributed by atoms with E-state index in [1.54, 1.807) is 17.9 Å². The molecule has 2 aliphatic rings. The lowest BCUT2D eigenvalue weighted by molar-refractivity contribution is -0.126. The summed E-state index contributed by atoms with van der Waals surface area (Å²) in [5, 5.41) is 4.68. The number of ether oxygens (including phenoxy) is 1. The predicted molar refractivity (Wildman–Crippen MR) is 155 cm³/mol. The molecule has 0 spiro atoms. The van der Waals surface area contributed by atoms with Crippen LogP contribution in [0.1, 0.15) is 43.7 Å². The van der Waals surface area contributed by atoms with Crippen LogP contribution >= 0.6 is 11.6 Å². The lowest BCUT2D eigenvalue weighted by Gasteiger charge is -2.40. The van der Waals surface area contributed by atoms with Crippen molar-refractivity contribution in [3.05, 3.63) is 75.0 Å². The topological polar surface area (TPSA) is 93.7 Å². The van der Waals surface area contributed by atoms with Crippen molar-refractivity contribution in [1.82, 2.24) is 19.6 Å². The van der Waals surface area contributed by atoms with Gasteiger partial charge in [0, 0.05) is 53.7 Å². The second-order valence-corrected chi connectivity index (χ2v) is 11.3. The van der Waals surface area contributed by atoms with Gasteiger partial charge in [0.05, 0.1) is 5.02 Å². The molecule has 1 fully saturated rings. The van der Waals surface area contributed by atoms with E-state index in [-0.39, 0.29) is 51.9 Å². The van der Waals surface area contributed by atoms with E-state index in [1.165, 1.54) is 16.7 Å². The highest BCUT2D eigenvalue weighted by Crippen LogP contribution is 2.49. The number of piperazine rings is 1. The Bertz CT molecular complexity index is 1850. The van der Waals surface area contributed by atoms with Gasteiger partial charge in [-0.05, 0) is 32.1 Å². The number of anilines is 1. The lowest BCUT2D eigenvalue weighted by atomic mass is 9.94. The summed E-state index contributed by atoms with van der Waals surface area (Å²) in [5.41, 5.74) is 1.03. The van der Waals surface area contributed by atoms with Crippen molar-refractivity contribution in [3.63, 3.8) is 0 Å². The standard InChI is InChI=1S/C30H28ClF2N5O4/c1-6-21(39)36-9-10-37(15(4)12-36)29-18-11-19(31)23-22-17(7-8-20(32)24(22)33)13-41-28(23)26(18)38(30(40)34-29)25-16(5)35-42-27(25)14(2)3/h6-8,11,14-15H,1,9-10,12-13H2,2-5H3/t15-/m0/s1. The van der Waals surface area contributed by atoms with E-state index in [4.69, 9.17) is 20.9 Å². The van der Waals surface area contributed by atoms with Crippen molar-refractivity contribution in [2.45, 2.75) is 46.3 Å². The Balaban J connectivity index is 1.69. The number of rotatable bonds is 4. The van der Waals surface area contributed by atoms with Crippen molar-refractivity contribution in [3.8, 4) is 22.6 Å². The third-order valence-electron chi connectivity index (χ3n) is 7.86. The summed E-state index contributed by atoms with van der Waals surface area (Å²) in [4.78, 5) is 34.5. The molecule has 0 saturated carbocycles. The van der Waals surface area contributed by atoms with Gasteiger partial charge in [0.15, 0.2) is 23.1 Å². The van der Waals surface area contributed by atoms with E-state index in [0.717, 1.165) is 6.07 Å². The maximum absolute atomic E-state index is 15.3. The molecule has 0 radical (unpaired) electrons. The van der Waals surface area contributed by atoms with Crippen LogP contribution in [0.5, 0.6) is 5.75 Å². The first-order chi connectivity index (χ1) is 20.0. The number of benzene rings is 2. The number of aryl methyl sites for hydroxylation is 1. The molecule has 12 heteroatoms. The third-order valence-corrected chi connectivity index (χ3v) is 8.16. The van der Waals surface area contributed by atoms with Gasteiger partial charge in [0.2, 0.25) is 5.91 Å². The quantitative estimate of drug-likeness (QED) is 0.287. The molecule has 2 aromatic carbocycles. The molecule has 42 heavy (non-hydrogen) atoms. The number of nitrogens with zero attached hydrogens (tertiary/aromatic N) is 5. The van der Waals surface area contributed by atoms with Crippen LogP contribution in [0.25, 0.3) is 27.7 Å². The van der Waals surface area contributed by atoms with Gasteiger partial charge < -0.3 is 19.1 Å². The van der Waals surface area contributed by atoms with Crippen LogP contribution < -0.4 is 15.3 Å². The molecule has 218 valence electrons. The van der Waals surface area contributed by atoms with E-state index >= 15 is 4.39 Å². The van der Waals surface area contributed by atoms with Crippen LogP contribution in [0, 0.1) is 18.6 Å². The zero-order chi connectivity index (χ0) is 30.0. The number of aromatic nitrogens is 3. The number of carbonyl (C=O) groups excluding carboxylic acids is 1. The minimum absolute atomic E-state index is 0.0171. The van der Waals surface area contributed by atoms with Crippen molar-refractivity contribution in [1.29, 1.82) is 0 Å². The van der Waals surface area contributed by atoms with Crippen LogP contribution in [-0.4, -0.2) is 51.2 Å². The summed E-state index contributed by atoms with van der Waals surface area (Å²) in [6.45, 7) is 12.1. The summed E-state index contributed by atoms with van der Waals surface area (Å²) in [7, 11) is 0. The van der Waals surface area contributed by atoms with Crippen LogP contribution in [0.3, 0.4) is 0 Å². The molecule has 1 saturated heterocycles. The van der Waals surface area contributed by atoms with E-state index in [9.17, 15) is 14.0 Å². The molecule has 6 rings (SSSR count). The van der Waals surface area contributed by atoms with Crippen LogP contribution in [-0.2, 0) is 11.4 Å². The van der Waals surface area contributed by atoms with Gasteiger partial charge >= 0.3 is 5.69 Å². The van der Waals surface area contributed by atoms with Crippen molar-refractivity contribution >= 4 is 34.2 Å². The maximum atomic E-state index is 15.3. The highest BCUT2D eigenvalue weighted by Gasteiger charge is 2.35. The highest BCUT2D eigenvalue weighted by atomic mass is 35.5. The Morgan fingerprint density at radius 3 is 2.69 bits per heavy atom. The first-order valence-corrected chi connectivity index (χ1v) is 13.9. The molecule has 9 nitrogen and oxygen atoms in total. The second kappa shape index (κ2) is 10.2. The molecule has 0 aliphatic carbocycles. The summed E-state index contributed by atoms with van der Waals surface area (Å²) >= 11 is 6.84. The zero-order valence-corrected chi connectivity index (χ0v) is 24.3. The number of hydrogen-bond donors (Lipinski definition) is 0. The number of amides is 1. The van der Waals surface area contributed by atoms with Crippen LogP contribution in [0.15, 0.2) is 40.2 Å². The maximum Gasteiger partial charge on any atom is 0.354 e. The molecular weight excluding hydrogens is 568 g/mol. The Labute approximate surface area is 244 Å². The molecule has 0 unspecified atom stereocenters. The Hall–Kier alpha value is -4.25. The average Bonchev–Trinajstić information content (AvgIpc) is 3.35. The largest absolute Gasteiger partial charge is 0.486 e. The van der Waals surface area contributed by atoms with Crippen molar-refractivity contribution in [2.24, 2.45) is 0 Å². The SMILES string of the molecule is C=CC(=O)N1CCN(c2nc(=O)n(-c3c(C)noc3C(C)C)c3c4c(c(Cl)cc23)-c2c(ccc(F)c2F)CO4)[C@@H](C)C1. The third kappa shape index (κ3) is 4.17. The average molecular weight is 596 g/mol. The first kappa shape index (κ1) is 27.9. The number of hydrogen-bond acceptors (Lipinski definition) is 7. The van der Waals surface area contributed by atoms with Gasteiger partial charge in [-0.3, -0.25) is 9.36 Å². The molecule has 1 atom stereocenters. The van der Waals surface area contributed by atoms with Crippen molar-refractivity contribution in [2.75, 3.05) is 24.5 Å². The first-order valence-electron chi connectivity index (χ1n) is 13.6. The predicted octanol–water partition coefficient (Wildman–Crippen LogP) is 5.52. The molecule has 4 aromatic rings. The summed E-state index contributed by atoms with van der Waals surface area (Å²) in [5.74, 6) is -1.49. The molecule has 0 bridgehead atoms. The number of halogens is 3. The van der Waals surface area contributed by atoms with Crippen molar-refractivity contribution < 1.29 is 22.8 Å². The van der Waals surface area contributed by atoms with Gasteiger partial charge in [0.25, 0.3) is 0 Å². The molecule has 4 heterocycles. The smallest absolute Gasteiger partial charge is 0.354 e. The molecule has 2 aliphatic heterocycles. The molecule has 2 aromatic heterocycles. The Kier molecular flexibility index (Phi) is 6.80. The summed E-state index contributed by atoms with van der Waals surface area (Å²) in [6.07, 6.45) is 1.27. The minimum atomic E-state index is -1.05. The Morgan fingerprint density at radius 2 is 2.00 bits per heavy atom. The molecule has 1 amide bonds. The number of carbonyl (C=O) groups is 1. The highest BCUT2D eigenvalue weighted by molar-refractivity contribution is 6.35. The fourth-order valence-corrected chi connectivity index (χ4v) is 6.16. The second-order valence-electron chi connectivity index (χ2n) is 10.9. The van der Waals surface area contributed by atoms with E-state index in [2.05, 4.69) is 16.7 Å². The van der Waals surface area contributed by atoms with Gasteiger partial charge in [-0.25, -0.2) is 13.6 Å². The fourth-order valence-electron chi connectivity index (χ4n) is 5.87. The van der Waals surface area contributed by atoms with Crippen LogP contribution in [0.4, 0.5) is 14.6 Å². The van der Waals surface area contributed by atoms with E-state index in [0.29, 0.717) is 53.5 Å². The minimum Gasteiger partial charge on any atom is -0.486 e. The van der Waals surface area contributed by atoms with E-state index < -0.39 is 17.3 Å². The van der Waals surface area contributed by atoms with Gasteiger partial charge in [-0.1, -0.05) is 43.3 Å². The van der Waals surface area contributed by atoms with E-state index in [1.807, 2.05) is 25.7 Å². The normalized spacial score (nSPS) is 16.4. The summed E-state index contributed by atoms with van der Waals surface area (Å²) < 4.78 is 43.0. The Morgan fingerprint density at radius 1 is 1.24 bits per heavy atom. The fraction of sp³-hybridized carbons (Fsp3) is 0.333. The van der Waals surface area contributed by atoms with Gasteiger partial charge in [0.1, 0.15) is 29.3 Å². The van der Waals surface area contributed by atoms with Crippen LogP contribution in [0.2, 0.25) is 5.02 Å². The monoisotopic (exact) mass is 595 g/mol. The zero-order valence-electron chi connectivity index (χ0n) is 23.5. The number of fused-ring (bicyclic) bond motifs is 5. The summed E-state index contributed by atoms with van der Waals surface area (Å²) in [6, 6.07) is 3.88.